The molecule has 23 heavy (non-hydrogen) atoms. The first-order valence-electron chi connectivity index (χ1n) is 7.46. The second kappa shape index (κ2) is 6.12. The van der Waals surface area contributed by atoms with Crippen molar-refractivity contribution in [3.05, 3.63) is 53.6 Å². The maximum Gasteiger partial charge on any atom is 0.266 e. The number of nitrogens with one attached hydrogen (secondary N) is 2. The molecule has 5 heteroatoms. The molecule has 0 aliphatic carbocycles. The maximum absolute atomic E-state index is 12.1. The van der Waals surface area contributed by atoms with E-state index in [0.29, 0.717) is 17.1 Å². The van der Waals surface area contributed by atoms with Crippen molar-refractivity contribution in [3.8, 4) is 5.75 Å². The third-order valence-corrected chi connectivity index (χ3v) is 3.66. The van der Waals surface area contributed by atoms with E-state index in [-0.39, 0.29) is 18.2 Å². The molecule has 0 aromatic heterocycles. The summed E-state index contributed by atoms with van der Waals surface area (Å²) in [5, 5.41) is 5.55. The summed E-state index contributed by atoms with van der Waals surface area (Å²) < 4.78 is 5.65. The van der Waals surface area contributed by atoms with Gasteiger partial charge in [0.05, 0.1) is 12.1 Å². The topological polar surface area (TPSA) is 67.4 Å². The van der Waals surface area contributed by atoms with Gasteiger partial charge in [0, 0.05) is 5.69 Å². The number of anilines is 2. The fourth-order valence-corrected chi connectivity index (χ4v) is 2.42. The summed E-state index contributed by atoms with van der Waals surface area (Å²) in [5.74, 6) is 0.0232. The van der Waals surface area contributed by atoms with Gasteiger partial charge in [-0.1, -0.05) is 23.8 Å². The number of amides is 2. The predicted octanol–water partition coefficient (Wildman–Crippen LogP) is 3.03. The number of carbonyl (C=O) groups is 2. The van der Waals surface area contributed by atoms with Crippen LogP contribution in [-0.2, 0) is 9.59 Å². The Kier molecular flexibility index (Phi) is 4.02. The highest BCUT2D eigenvalue weighted by atomic mass is 16.5. The minimum Gasteiger partial charge on any atom is -0.478 e. The van der Waals surface area contributed by atoms with Crippen LogP contribution in [0.1, 0.15) is 17.5 Å². The highest BCUT2D eigenvalue weighted by Crippen LogP contribution is 2.31. The summed E-state index contributed by atoms with van der Waals surface area (Å²) in [6.07, 6.45) is -0.858. The van der Waals surface area contributed by atoms with Gasteiger partial charge in [-0.25, -0.2) is 0 Å². The van der Waals surface area contributed by atoms with E-state index in [4.69, 9.17) is 4.74 Å². The van der Waals surface area contributed by atoms with Crippen LogP contribution >= 0.6 is 0 Å². The highest BCUT2D eigenvalue weighted by Gasteiger charge is 2.29. The van der Waals surface area contributed by atoms with Crippen molar-refractivity contribution in [2.75, 3.05) is 10.6 Å². The molecular formula is C18H18N2O3. The van der Waals surface area contributed by atoms with Crippen LogP contribution in [0.5, 0.6) is 5.75 Å². The molecule has 2 aromatic rings. The van der Waals surface area contributed by atoms with E-state index in [9.17, 15) is 9.59 Å². The summed E-state index contributed by atoms with van der Waals surface area (Å²) in [5.41, 5.74) is 3.49. The lowest BCUT2D eigenvalue weighted by atomic mass is 10.1. The van der Waals surface area contributed by atoms with Crippen LogP contribution in [-0.4, -0.2) is 17.9 Å². The largest absolute Gasteiger partial charge is 0.478 e. The van der Waals surface area contributed by atoms with Crippen molar-refractivity contribution in [1.82, 2.24) is 0 Å². The predicted molar refractivity (Wildman–Crippen MR) is 88.7 cm³/mol. The number of carbonyl (C=O) groups excluding carboxylic acids is 2. The lowest BCUT2D eigenvalue weighted by Gasteiger charge is -2.25. The molecule has 3 rings (SSSR count). The van der Waals surface area contributed by atoms with Crippen LogP contribution in [0, 0.1) is 13.8 Å². The number of rotatable bonds is 3. The average molecular weight is 310 g/mol. The highest BCUT2D eigenvalue weighted by molar-refractivity contribution is 6.02. The number of hydrogen-bond donors (Lipinski definition) is 2. The van der Waals surface area contributed by atoms with Crippen LogP contribution in [0.2, 0.25) is 0 Å². The maximum atomic E-state index is 12.1. The first-order chi connectivity index (χ1) is 11.0. The van der Waals surface area contributed by atoms with E-state index < -0.39 is 6.10 Å². The van der Waals surface area contributed by atoms with Crippen molar-refractivity contribution in [3.63, 3.8) is 0 Å². The average Bonchev–Trinajstić information content (AvgIpc) is 2.50. The van der Waals surface area contributed by atoms with Crippen LogP contribution in [0.4, 0.5) is 11.4 Å². The standard InChI is InChI=1S/C18H18N2O3/c1-11-3-6-13(7-4-11)19-17(21)10-16-18(22)20-14-9-12(2)5-8-15(14)23-16/h3-9,16H,10H2,1-2H3,(H,19,21)(H,20,22)/t16-/m0/s1. The Hall–Kier alpha value is -2.82. The summed E-state index contributed by atoms with van der Waals surface area (Å²) in [4.78, 5) is 24.2. The number of fused-ring (bicyclic) bond motifs is 1. The van der Waals surface area contributed by atoms with Crippen LogP contribution < -0.4 is 15.4 Å². The van der Waals surface area contributed by atoms with E-state index in [1.165, 1.54) is 0 Å². The van der Waals surface area contributed by atoms with Crippen molar-refractivity contribution in [2.45, 2.75) is 26.4 Å². The third-order valence-electron chi connectivity index (χ3n) is 3.66. The molecule has 1 aliphatic rings. The molecule has 0 saturated heterocycles. The van der Waals surface area contributed by atoms with Gasteiger partial charge in [0.25, 0.3) is 5.91 Å². The van der Waals surface area contributed by atoms with Crippen molar-refractivity contribution in [2.24, 2.45) is 0 Å². The molecule has 1 atom stereocenters. The molecule has 2 aromatic carbocycles. The molecule has 2 N–H and O–H groups in total. The van der Waals surface area contributed by atoms with Crippen molar-refractivity contribution < 1.29 is 14.3 Å². The Morgan fingerprint density at radius 3 is 2.57 bits per heavy atom. The second-order valence-electron chi connectivity index (χ2n) is 5.71. The van der Waals surface area contributed by atoms with Crippen molar-refractivity contribution >= 4 is 23.2 Å². The van der Waals surface area contributed by atoms with E-state index >= 15 is 0 Å². The summed E-state index contributed by atoms with van der Waals surface area (Å²) in [7, 11) is 0. The summed E-state index contributed by atoms with van der Waals surface area (Å²) in [6.45, 7) is 3.92. The fraction of sp³-hybridized carbons (Fsp3) is 0.222. The molecule has 0 saturated carbocycles. The van der Waals surface area contributed by atoms with Crippen LogP contribution in [0.15, 0.2) is 42.5 Å². The lowest BCUT2D eigenvalue weighted by molar-refractivity contribution is -0.128. The van der Waals surface area contributed by atoms with Crippen molar-refractivity contribution in [1.29, 1.82) is 0 Å². The Labute approximate surface area is 134 Å². The minimum atomic E-state index is -0.823. The number of aryl methyl sites for hydroxylation is 2. The van der Waals surface area contributed by atoms with Gasteiger partial charge in [-0.2, -0.15) is 0 Å². The first kappa shape index (κ1) is 15.1. The molecular weight excluding hydrogens is 292 g/mol. The normalized spacial score (nSPS) is 16.1. The van der Waals surface area contributed by atoms with Crippen LogP contribution in [0.25, 0.3) is 0 Å². The van der Waals surface area contributed by atoms with Gasteiger partial charge >= 0.3 is 0 Å². The molecule has 0 fully saturated rings. The van der Waals surface area contributed by atoms with Gasteiger partial charge in [0.2, 0.25) is 5.91 Å². The van der Waals surface area contributed by atoms with Gasteiger partial charge in [-0.3, -0.25) is 9.59 Å². The SMILES string of the molecule is Cc1ccc(NC(=O)C[C@@H]2Oc3ccc(C)cc3NC2=O)cc1. The van der Waals surface area contributed by atoms with Gasteiger partial charge in [-0.15, -0.1) is 0 Å². The molecule has 0 radical (unpaired) electrons. The zero-order valence-electron chi connectivity index (χ0n) is 13.1. The smallest absolute Gasteiger partial charge is 0.266 e. The Balaban J connectivity index is 1.66. The number of hydrogen-bond acceptors (Lipinski definition) is 3. The molecule has 0 spiro atoms. The zero-order valence-corrected chi connectivity index (χ0v) is 13.1. The second-order valence-corrected chi connectivity index (χ2v) is 5.71. The molecule has 1 aliphatic heterocycles. The third kappa shape index (κ3) is 3.51. The van der Waals surface area contributed by atoms with Gasteiger partial charge in [0.1, 0.15) is 5.75 Å². The van der Waals surface area contributed by atoms with E-state index in [1.54, 1.807) is 6.07 Å². The van der Waals surface area contributed by atoms with Crippen LogP contribution in [0.3, 0.4) is 0 Å². The number of benzene rings is 2. The Morgan fingerprint density at radius 1 is 1.13 bits per heavy atom. The van der Waals surface area contributed by atoms with E-state index in [2.05, 4.69) is 10.6 Å². The number of ether oxygens (including phenoxy) is 1. The Bertz CT molecular complexity index is 753. The molecule has 0 bridgehead atoms. The molecule has 2 amide bonds. The van der Waals surface area contributed by atoms with Gasteiger partial charge in [0.15, 0.2) is 6.10 Å². The lowest BCUT2D eigenvalue weighted by Crippen LogP contribution is -2.39. The van der Waals surface area contributed by atoms with E-state index in [0.717, 1.165) is 11.1 Å². The molecule has 5 nitrogen and oxygen atoms in total. The summed E-state index contributed by atoms with van der Waals surface area (Å²) in [6, 6.07) is 13.0. The van der Waals surface area contributed by atoms with Gasteiger partial charge in [-0.05, 0) is 43.7 Å². The minimum absolute atomic E-state index is 0.0347. The molecule has 118 valence electrons. The Morgan fingerprint density at radius 2 is 1.83 bits per heavy atom. The van der Waals surface area contributed by atoms with E-state index in [1.807, 2.05) is 50.2 Å². The van der Waals surface area contributed by atoms with Gasteiger partial charge < -0.3 is 15.4 Å². The quantitative estimate of drug-likeness (QED) is 0.915. The first-order valence-corrected chi connectivity index (χ1v) is 7.46. The fourth-order valence-electron chi connectivity index (χ4n) is 2.42. The monoisotopic (exact) mass is 310 g/mol. The zero-order chi connectivity index (χ0) is 16.4. The summed E-state index contributed by atoms with van der Waals surface area (Å²) >= 11 is 0. The molecule has 1 heterocycles. The molecule has 0 unspecified atom stereocenters.